The molecule has 25 heavy (non-hydrogen) atoms. The summed E-state index contributed by atoms with van der Waals surface area (Å²) in [5, 5.41) is 0.161. The van der Waals surface area contributed by atoms with Gasteiger partial charge in [-0.1, -0.05) is 17.7 Å². The molecule has 5 nitrogen and oxygen atoms in total. The second kappa shape index (κ2) is 7.95. The Kier molecular flexibility index (Phi) is 6.16. The van der Waals surface area contributed by atoms with Crippen molar-refractivity contribution in [2.75, 3.05) is 0 Å². The first-order valence-electron chi connectivity index (χ1n) is 7.42. The Balaban J connectivity index is 2.05. The van der Waals surface area contributed by atoms with Crippen LogP contribution in [0.3, 0.4) is 0 Å². The fraction of sp³-hybridized carbons (Fsp3) is 0.235. The van der Waals surface area contributed by atoms with Crippen molar-refractivity contribution >= 4 is 27.6 Å². The van der Waals surface area contributed by atoms with E-state index in [4.69, 9.17) is 16.3 Å². The highest BCUT2D eigenvalue weighted by molar-refractivity contribution is 7.89. The van der Waals surface area contributed by atoms with E-state index >= 15 is 0 Å². The molecule has 0 saturated carbocycles. The van der Waals surface area contributed by atoms with Crippen LogP contribution < -0.4 is 4.72 Å². The Morgan fingerprint density at radius 1 is 1.20 bits per heavy atom. The Bertz CT molecular complexity index is 867. The first kappa shape index (κ1) is 19.4. The Morgan fingerprint density at radius 2 is 1.84 bits per heavy atom. The van der Waals surface area contributed by atoms with Crippen LogP contribution in [-0.4, -0.2) is 20.4 Å². The van der Waals surface area contributed by atoms with Crippen LogP contribution in [0.2, 0.25) is 5.02 Å². The fourth-order valence-corrected chi connectivity index (χ4v) is 3.49. The summed E-state index contributed by atoms with van der Waals surface area (Å²) in [4.78, 5) is 12.1. The highest BCUT2D eigenvalue weighted by Crippen LogP contribution is 2.19. The lowest BCUT2D eigenvalue weighted by Gasteiger charge is -2.10. The number of esters is 1. The molecule has 0 aliphatic carbocycles. The summed E-state index contributed by atoms with van der Waals surface area (Å²) in [6, 6.07) is 8.92. The molecule has 0 radical (unpaired) electrons. The highest BCUT2D eigenvalue weighted by atomic mass is 35.5. The molecular weight excluding hydrogens is 369 g/mol. The third kappa shape index (κ3) is 5.26. The second-order valence-corrected chi connectivity index (χ2v) is 7.73. The predicted octanol–water partition coefficient (Wildman–Crippen LogP) is 3.52. The largest absolute Gasteiger partial charge is 0.457 e. The number of ether oxygens (including phenoxy) is 1. The quantitative estimate of drug-likeness (QED) is 0.772. The molecule has 2 aromatic carbocycles. The van der Waals surface area contributed by atoms with E-state index < -0.39 is 21.8 Å². The van der Waals surface area contributed by atoms with Gasteiger partial charge in [0.05, 0.1) is 15.5 Å². The molecule has 2 rings (SSSR count). The van der Waals surface area contributed by atoms with Crippen molar-refractivity contribution in [3.05, 3.63) is 64.4 Å². The van der Waals surface area contributed by atoms with Crippen molar-refractivity contribution < 1.29 is 22.3 Å². The van der Waals surface area contributed by atoms with Gasteiger partial charge in [0.25, 0.3) is 0 Å². The van der Waals surface area contributed by atoms with Crippen LogP contribution in [0.4, 0.5) is 4.39 Å². The lowest BCUT2D eigenvalue weighted by atomic mass is 10.2. The lowest BCUT2D eigenvalue weighted by molar-refractivity contribution is 0.0472. The lowest BCUT2D eigenvalue weighted by Crippen LogP contribution is -2.30. The third-order valence-corrected chi connectivity index (χ3v) is 5.19. The van der Waals surface area contributed by atoms with Crippen LogP contribution in [-0.2, 0) is 21.4 Å². The van der Waals surface area contributed by atoms with Gasteiger partial charge in [-0.2, -0.15) is 0 Å². The monoisotopic (exact) mass is 385 g/mol. The molecule has 1 N–H and O–H groups in total. The number of hydrogen-bond donors (Lipinski definition) is 1. The molecule has 0 aromatic heterocycles. The number of hydrogen-bond acceptors (Lipinski definition) is 4. The number of sulfonamides is 1. The molecule has 0 heterocycles. The van der Waals surface area contributed by atoms with Gasteiger partial charge in [-0.05, 0) is 50.2 Å². The summed E-state index contributed by atoms with van der Waals surface area (Å²) in [5.41, 5.74) is 0.665. The van der Waals surface area contributed by atoms with Gasteiger partial charge >= 0.3 is 5.97 Å². The second-order valence-electron chi connectivity index (χ2n) is 5.61. The maximum atomic E-state index is 13.0. The zero-order valence-electron chi connectivity index (χ0n) is 13.6. The van der Waals surface area contributed by atoms with Crippen molar-refractivity contribution in [2.45, 2.75) is 31.4 Å². The zero-order chi connectivity index (χ0) is 18.6. The van der Waals surface area contributed by atoms with Gasteiger partial charge in [0.15, 0.2) is 0 Å². The number of carbonyl (C=O) groups excluding carboxylic acids is 1. The van der Waals surface area contributed by atoms with Crippen LogP contribution in [0, 0.1) is 5.82 Å². The molecular formula is C17H17ClFNO4S. The topological polar surface area (TPSA) is 72.5 Å². The molecule has 0 atom stereocenters. The van der Waals surface area contributed by atoms with E-state index in [1.807, 2.05) is 0 Å². The van der Waals surface area contributed by atoms with Gasteiger partial charge in [0.1, 0.15) is 12.4 Å². The van der Waals surface area contributed by atoms with Crippen LogP contribution in [0.5, 0.6) is 0 Å². The first-order valence-corrected chi connectivity index (χ1v) is 9.28. The number of rotatable bonds is 6. The minimum Gasteiger partial charge on any atom is -0.457 e. The third-order valence-electron chi connectivity index (χ3n) is 3.17. The van der Waals surface area contributed by atoms with Gasteiger partial charge in [0, 0.05) is 11.6 Å². The maximum Gasteiger partial charge on any atom is 0.338 e. The summed E-state index contributed by atoms with van der Waals surface area (Å²) in [5.74, 6) is -1.12. The number of nitrogens with one attached hydrogen (secondary N) is 1. The maximum absolute atomic E-state index is 13.0. The van der Waals surface area contributed by atoms with Crippen LogP contribution >= 0.6 is 11.6 Å². The molecule has 0 aliphatic heterocycles. The molecule has 0 unspecified atom stereocenters. The Hall–Kier alpha value is -1.96. The Labute approximate surface area is 150 Å². The summed E-state index contributed by atoms with van der Waals surface area (Å²) in [6.45, 7) is 3.31. The standard InChI is InChI=1S/C17H17ClFNO4S/c1-11(2)20-25(22,23)15-7-4-12(5-8-15)17(21)24-10-13-3-6-14(19)9-16(13)18/h3-9,11,20H,10H2,1-2H3. The molecule has 0 aliphatic rings. The summed E-state index contributed by atoms with van der Waals surface area (Å²) in [6.07, 6.45) is 0. The van der Waals surface area contributed by atoms with Crippen LogP contribution in [0.1, 0.15) is 29.8 Å². The smallest absolute Gasteiger partial charge is 0.338 e. The van der Waals surface area contributed by atoms with E-state index in [1.54, 1.807) is 13.8 Å². The number of carbonyl (C=O) groups is 1. The van der Waals surface area contributed by atoms with Crippen molar-refractivity contribution in [3.63, 3.8) is 0 Å². The average molecular weight is 386 g/mol. The van der Waals surface area contributed by atoms with E-state index in [0.29, 0.717) is 5.56 Å². The highest BCUT2D eigenvalue weighted by Gasteiger charge is 2.16. The molecule has 8 heteroatoms. The molecule has 134 valence electrons. The first-order chi connectivity index (χ1) is 11.7. The molecule has 0 spiro atoms. The summed E-state index contributed by atoms with van der Waals surface area (Å²) < 4.78 is 44.6. The van der Waals surface area contributed by atoms with Gasteiger partial charge < -0.3 is 4.74 Å². The van der Waals surface area contributed by atoms with E-state index in [-0.39, 0.29) is 28.1 Å². The number of benzene rings is 2. The van der Waals surface area contributed by atoms with E-state index in [9.17, 15) is 17.6 Å². The van der Waals surface area contributed by atoms with E-state index in [1.165, 1.54) is 36.4 Å². The molecule has 0 fully saturated rings. The van der Waals surface area contributed by atoms with Crippen molar-refractivity contribution in [3.8, 4) is 0 Å². The zero-order valence-corrected chi connectivity index (χ0v) is 15.2. The minimum atomic E-state index is -3.62. The normalized spacial score (nSPS) is 11.6. The summed E-state index contributed by atoms with van der Waals surface area (Å²) in [7, 11) is -3.62. The average Bonchev–Trinajstić information content (AvgIpc) is 2.52. The summed E-state index contributed by atoms with van der Waals surface area (Å²) >= 11 is 5.87. The predicted molar refractivity (Wildman–Crippen MR) is 92.4 cm³/mol. The SMILES string of the molecule is CC(C)NS(=O)(=O)c1ccc(C(=O)OCc2ccc(F)cc2Cl)cc1. The molecule has 0 amide bonds. The van der Waals surface area contributed by atoms with Crippen LogP contribution in [0.25, 0.3) is 0 Å². The van der Waals surface area contributed by atoms with E-state index in [2.05, 4.69) is 4.72 Å². The van der Waals surface area contributed by atoms with Crippen molar-refractivity contribution in [1.82, 2.24) is 4.72 Å². The van der Waals surface area contributed by atoms with Crippen LogP contribution in [0.15, 0.2) is 47.4 Å². The molecule has 0 bridgehead atoms. The van der Waals surface area contributed by atoms with Crippen molar-refractivity contribution in [2.24, 2.45) is 0 Å². The molecule has 0 saturated heterocycles. The minimum absolute atomic E-state index is 0.0549. The van der Waals surface area contributed by atoms with Gasteiger partial charge in [-0.3, -0.25) is 0 Å². The fourth-order valence-electron chi connectivity index (χ4n) is 2.01. The van der Waals surface area contributed by atoms with Gasteiger partial charge in [-0.15, -0.1) is 0 Å². The molecule has 2 aromatic rings. The van der Waals surface area contributed by atoms with E-state index in [0.717, 1.165) is 6.07 Å². The number of halogens is 2. The van der Waals surface area contributed by atoms with Gasteiger partial charge in [0.2, 0.25) is 10.0 Å². The Morgan fingerprint density at radius 3 is 2.40 bits per heavy atom. The van der Waals surface area contributed by atoms with Crippen molar-refractivity contribution in [1.29, 1.82) is 0 Å². The van der Waals surface area contributed by atoms with Gasteiger partial charge in [-0.25, -0.2) is 22.3 Å².